The topological polar surface area (TPSA) is 81.0 Å². The zero-order valence-corrected chi connectivity index (χ0v) is 17.3. The van der Waals surface area contributed by atoms with Crippen LogP contribution in [-0.2, 0) is 12.7 Å². The number of aldehydes is 1. The molecule has 0 saturated heterocycles. The average Bonchev–Trinajstić information content (AvgIpc) is 3.22. The molecular formula is C23H16F3N5O2. The van der Waals surface area contributed by atoms with E-state index in [0.717, 1.165) is 17.7 Å². The van der Waals surface area contributed by atoms with Crippen molar-refractivity contribution in [2.24, 2.45) is 0 Å². The summed E-state index contributed by atoms with van der Waals surface area (Å²) in [5.41, 5.74) is 2.29. The van der Waals surface area contributed by atoms with Crippen molar-refractivity contribution >= 4 is 28.8 Å². The van der Waals surface area contributed by atoms with E-state index in [1.165, 1.54) is 23.1 Å². The van der Waals surface area contributed by atoms with Gasteiger partial charge in [0.05, 0.1) is 29.4 Å². The normalized spacial score (nSPS) is 13.9. The van der Waals surface area contributed by atoms with Gasteiger partial charge in [0.1, 0.15) is 5.69 Å². The van der Waals surface area contributed by atoms with Crippen molar-refractivity contribution < 1.29 is 22.8 Å². The van der Waals surface area contributed by atoms with Gasteiger partial charge in [-0.05, 0) is 48.9 Å². The van der Waals surface area contributed by atoms with Crippen molar-refractivity contribution in [1.29, 1.82) is 0 Å². The van der Waals surface area contributed by atoms with E-state index in [4.69, 9.17) is 0 Å². The molecule has 0 saturated carbocycles. The molecule has 3 heterocycles. The van der Waals surface area contributed by atoms with Crippen molar-refractivity contribution in [2.45, 2.75) is 19.6 Å². The van der Waals surface area contributed by atoms with Crippen LogP contribution in [0.4, 0.5) is 18.9 Å². The monoisotopic (exact) mass is 451 g/mol. The number of carbonyl (C=O) groups is 2. The molecule has 0 bridgehead atoms. The quantitative estimate of drug-likeness (QED) is 0.434. The SMILES string of the molecule is Cc1cc(-c2ncc3cc(C(F)(F)F)ccc3n2)ccc1N1CCn2ncc(C=O)c2C1=O. The number of aryl methyl sites for hydroxylation is 1. The molecule has 0 N–H and O–H groups in total. The molecule has 33 heavy (non-hydrogen) atoms. The highest BCUT2D eigenvalue weighted by Crippen LogP contribution is 2.32. The van der Waals surface area contributed by atoms with Crippen LogP contribution in [0.1, 0.15) is 32.0 Å². The Morgan fingerprint density at radius 1 is 1.06 bits per heavy atom. The fraction of sp³-hybridized carbons (Fsp3) is 0.174. The summed E-state index contributed by atoms with van der Waals surface area (Å²) >= 11 is 0. The Hall–Kier alpha value is -4.08. The maximum Gasteiger partial charge on any atom is 0.416 e. The maximum atomic E-state index is 13.0. The van der Waals surface area contributed by atoms with Gasteiger partial charge in [0, 0.05) is 29.4 Å². The van der Waals surface area contributed by atoms with Gasteiger partial charge in [-0.25, -0.2) is 9.97 Å². The van der Waals surface area contributed by atoms with Gasteiger partial charge < -0.3 is 4.90 Å². The highest BCUT2D eigenvalue weighted by molar-refractivity contribution is 6.10. The molecule has 1 aliphatic rings. The number of fused-ring (bicyclic) bond motifs is 2. The molecule has 1 amide bonds. The minimum atomic E-state index is -4.43. The lowest BCUT2D eigenvalue weighted by Gasteiger charge is -2.29. The first-order valence-corrected chi connectivity index (χ1v) is 10.0. The van der Waals surface area contributed by atoms with Crippen LogP contribution >= 0.6 is 0 Å². The summed E-state index contributed by atoms with van der Waals surface area (Å²) in [6.45, 7) is 2.71. The molecule has 1 aliphatic heterocycles. The molecule has 2 aromatic heterocycles. The van der Waals surface area contributed by atoms with Crippen LogP contribution in [0, 0.1) is 6.92 Å². The Balaban J connectivity index is 1.47. The number of aromatic nitrogens is 4. The maximum absolute atomic E-state index is 13.0. The number of hydrogen-bond donors (Lipinski definition) is 0. The van der Waals surface area contributed by atoms with Crippen molar-refractivity contribution in [3.8, 4) is 11.4 Å². The number of carbonyl (C=O) groups excluding carboxylic acids is 2. The summed E-state index contributed by atoms with van der Waals surface area (Å²) in [4.78, 5) is 34.5. The highest BCUT2D eigenvalue weighted by atomic mass is 19.4. The fourth-order valence-electron chi connectivity index (χ4n) is 3.99. The summed E-state index contributed by atoms with van der Waals surface area (Å²) in [7, 11) is 0. The first kappa shape index (κ1) is 20.8. The van der Waals surface area contributed by atoms with Crippen molar-refractivity contribution in [3.63, 3.8) is 0 Å². The van der Waals surface area contributed by atoms with Crippen molar-refractivity contribution in [1.82, 2.24) is 19.7 Å². The molecule has 0 radical (unpaired) electrons. The van der Waals surface area contributed by atoms with Crippen LogP contribution in [0.2, 0.25) is 0 Å². The molecule has 4 aromatic rings. The Morgan fingerprint density at radius 2 is 1.88 bits per heavy atom. The summed E-state index contributed by atoms with van der Waals surface area (Å²) < 4.78 is 40.3. The standard InChI is InChI=1S/C23H16F3N5O2/c1-13-8-14(21-27-10-15-9-17(23(24,25)26)3-4-18(15)29-21)2-5-19(13)30-6-7-31-20(22(30)33)16(12-32)11-28-31/h2-5,8-12H,6-7H2,1H3. The predicted molar refractivity (Wildman–Crippen MR) is 114 cm³/mol. The number of amides is 1. The highest BCUT2D eigenvalue weighted by Gasteiger charge is 2.31. The van der Waals surface area contributed by atoms with E-state index in [1.54, 1.807) is 17.0 Å². The third kappa shape index (κ3) is 3.53. The molecule has 0 atom stereocenters. The zero-order chi connectivity index (χ0) is 23.3. The van der Waals surface area contributed by atoms with Gasteiger partial charge in [-0.3, -0.25) is 14.3 Å². The minimum Gasteiger partial charge on any atom is -0.305 e. The summed E-state index contributed by atoms with van der Waals surface area (Å²) in [6.07, 6.45) is -1.07. The molecule has 166 valence electrons. The molecular weight excluding hydrogens is 435 g/mol. The predicted octanol–water partition coefficient (Wildman–Crippen LogP) is 4.29. The number of rotatable bonds is 3. The van der Waals surface area contributed by atoms with Gasteiger partial charge in [-0.1, -0.05) is 0 Å². The number of alkyl halides is 3. The molecule has 0 fully saturated rings. The Bertz CT molecular complexity index is 1430. The molecule has 0 aliphatic carbocycles. The molecule has 7 nitrogen and oxygen atoms in total. The van der Waals surface area contributed by atoms with Crippen molar-refractivity contribution in [2.75, 3.05) is 11.4 Å². The Morgan fingerprint density at radius 3 is 2.61 bits per heavy atom. The lowest BCUT2D eigenvalue weighted by atomic mass is 10.1. The minimum absolute atomic E-state index is 0.247. The van der Waals surface area contributed by atoms with Gasteiger partial charge in [-0.2, -0.15) is 18.3 Å². The first-order valence-electron chi connectivity index (χ1n) is 10.0. The number of anilines is 1. The van der Waals surface area contributed by atoms with Crippen molar-refractivity contribution in [3.05, 3.63) is 71.2 Å². The number of nitrogens with zero attached hydrogens (tertiary/aromatic N) is 5. The fourth-order valence-corrected chi connectivity index (χ4v) is 3.99. The van der Waals surface area contributed by atoms with E-state index in [9.17, 15) is 22.8 Å². The van der Waals surface area contributed by atoms with Gasteiger partial charge in [0.2, 0.25) is 0 Å². The van der Waals surface area contributed by atoms with Gasteiger partial charge >= 0.3 is 6.18 Å². The molecule has 0 spiro atoms. The summed E-state index contributed by atoms with van der Waals surface area (Å²) in [5.74, 6) is 0.0577. The summed E-state index contributed by atoms with van der Waals surface area (Å²) in [5, 5.41) is 4.38. The molecule has 5 rings (SSSR count). The third-order valence-corrected chi connectivity index (χ3v) is 5.63. The van der Waals surface area contributed by atoms with Crippen LogP contribution in [-0.4, -0.2) is 38.5 Å². The number of hydrogen-bond acceptors (Lipinski definition) is 5. The largest absolute Gasteiger partial charge is 0.416 e. The van der Waals surface area contributed by atoms with Crippen LogP contribution in [0.15, 0.2) is 48.8 Å². The second-order valence-corrected chi connectivity index (χ2v) is 7.71. The van der Waals surface area contributed by atoms with Gasteiger partial charge in [0.15, 0.2) is 12.1 Å². The number of benzene rings is 2. The molecule has 0 unspecified atom stereocenters. The second-order valence-electron chi connectivity index (χ2n) is 7.71. The smallest absolute Gasteiger partial charge is 0.305 e. The van der Waals surface area contributed by atoms with E-state index in [-0.39, 0.29) is 17.2 Å². The van der Waals surface area contributed by atoms with E-state index >= 15 is 0 Å². The van der Waals surface area contributed by atoms with Crippen LogP contribution < -0.4 is 4.90 Å². The van der Waals surface area contributed by atoms with E-state index in [2.05, 4.69) is 15.1 Å². The van der Waals surface area contributed by atoms with E-state index in [1.807, 2.05) is 13.0 Å². The second kappa shape index (κ2) is 7.51. The van der Waals surface area contributed by atoms with Gasteiger partial charge in [0.25, 0.3) is 5.91 Å². The number of halogens is 3. The lowest BCUT2D eigenvalue weighted by Crippen LogP contribution is -2.41. The zero-order valence-electron chi connectivity index (χ0n) is 17.3. The van der Waals surface area contributed by atoms with Crippen LogP contribution in [0.3, 0.4) is 0 Å². The Labute approximate surface area is 185 Å². The average molecular weight is 451 g/mol. The van der Waals surface area contributed by atoms with E-state index < -0.39 is 11.7 Å². The molecule has 10 heteroatoms. The summed E-state index contributed by atoms with van der Waals surface area (Å²) in [6, 6.07) is 8.69. The Kier molecular flexibility index (Phi) is 4.73. The van der Waals surface area contributed by atoms with E-state index in [0.29, 0.717) is 47.4 Å². The first-order chi connectivity index (χ1) is 15.8. The lowest BCUT2D eigenvalue weighted by molar-refractivity contribution is -0.137. The van der Waals surface area contributed by atoms with Crippen LogP contribution in [0.25, 0.3) is 22.3 Å². The third-order valence-electron chi connectivity index (χ3n) is 5.63. The van der Waals surface area contributed by atoms with Gasteiger partial charge in [-0.15, -0.1) is 0 Å². The van der Waals surface area contributed by atoms with Crippen LogP contribution in [0.5, 0.6) is 0 Å². The molecule has 2 aromatic carbocycles.